The first kappa shape index (κ1) is 19.3. The summed E-state index contributed by atoms with van der Waals surface area (Å²) in [5.41, 5.74) is 1.39. The third-order valence-electron chi connectivity index (χ3n) is 3.81. The second kappa shape index (κ2) is 8.49. The summed E-state index contributed by atoms with van der Waals surface area (Å²) in [4.78, 5) is 12.3. The molecule has 7 heteroatoms. The van der Waals surface area contributed by atoms with E-state index in [1.54, 1.807) is 36.4 Å². The monoisotopic (exact) mass is 438 g/mol. The minimum absolute atomic E-state index is 0.0283. The molecule has 6 nitrogen and oxygen atoms in total. The van der Waals surface area contributed by atoms with Gasteiger partial charge < -0.3 is 15.3 Å². The van der Waals surface area contributed by atoms with Gasteiger partial charge in [-0.15, -0.1) is 5.11 Å². The Hall–Kier alpha value is -3.45. The SMILES string of the molecule is O=C(/C=C\c1cc(Br)ccc1O)c1ccc(N=Nc2c(O)cccc2O)cc1. The lowest BCUT2D eigenvalue weighted by Crippen LogP contribution is -1.93. The van der Waals surface area contributed by atoms with E-state index in [4.69, 9.17) is 0 Å². The van der Waals surface area contributed by atoms with Crippen molar-refractivity contribution in [3.8, 4) is 17.2 Å². The van der Waals surface area contributed by atoms with Crippen LogP contribution in [0.15, 0.2) is 81.4 Å². The summed E-state index contributed by atoms with van der Waals surface area (Å²) in [6, 6.07) is 15.6. The molecule has 3 aromatic rings. The number of phenolic OH excluding ortho intramolecular Hbond substituents is 3. The molecule has 3 N–H and O–H groups in total. The Kier molecular flexibility index (Phi) is 5.86. The van der Waals surface area contributed by atoms with Crippen molar-refractivity contribution in [2.75, 3.05) is 0 Å². The molecule has 0 aliphatic rings. The number of carbonyl (C=O) groups is 1. The van der Waals surface area contributed by atoms with Gasteiger partial charge >= 0.3 is 0 Å². The maximum absolute atomic E-state index is 12.3. The molecule has 0 bridgehead atoms. The van der Waals surface area contributed by atoms with Crippen LogP contribution in [0, 0.1) is 0 Å². The third-order valence-corrected chi connectivity index (χ3v) is 4.31. The average molecular weight is 439 g/mol. The van der Waals surface area contributed by atoms with Gasteiger partial charge in [-0.05, 0) is 66.7 Å². The molecule has 28 heavy (non-hydrogen) atoms. The lowest BCUT2D eigenvalue weighted by Gasteiger charge is -2.01. The summed E-state index contributed by atoms with van der Waals surface area (Å²) in [6.45, 7) is 0. The number of aromatic hydroxyl groups is 3. The van der Waals surface area contributed by atoms with Crippen molar-refractivity contribution in [1.82, 2.24) is 0 Å². The van der Waals surface area contributed by atoms with Gasteiger partial charge in [0.1, 0.15) is 17.2 Å². The van der Waals surface area contributed by atoms with Crippen LogP contribution in [0.1, 0.15) is 15.9 Å². The Morgan fingerprint density at radius 2 is 1.54 bits per heavy atom. The average Bonchev–Trinajstić information content (AvgIpc) is 2.68. The molecule has 0 aromatic heterocycles. The van der Waals surface area contributed by atoms with Crippen LogP contribution in [0.25, 0.3) is 6.08 Å². The second-order valence-electron chi connectivity index (χ2n) is 5.79. The molecular formula is C21H15BrN2O4. The van der Waals surface area contributed by atoms with Crippen molar-refractivity contribution in [3.63, 3.8) is 0 Å². The van der Waals surface area contributed by atoms with Crippen molar-refractivity contribution in [2.24, 2.45) is 10.2 Å². The maximum atomic E-state index is 12.3. The zero-order chi connectivity index (χ0) is 20.1. The summed E-state index contributed by atoms with van der Waals surface area (Å²) in [6.07, 6.45) is 2.91. The summed E-state index contributed by atoms with van der Waals surface area (Å²) in [5, 5.41) is 37.0. The Morgan fingerprint density at radius 1 is 0.857 bits per heavy atom. The zero-order valence-corrected chi connectivity index (χ0v) is 16.0. The van der Waals surface area contributed by atoms with E-state index in [1.807, 2.05) is 0 Å². The summed E-state index contributed by atoms with van der Waals surface area (Å²) in [5.74, 6) is -0.524. The molecule has 0 saturated heterocycles. The van der Waals surface area contributed by atoms with Crippen LogP contribution in [-0.4, -0.2) is 21.1 Å². The predicted octanol–water partition coefficient (Wildman–Crippen LogP) is 5.88. The number of rotatable bonds is 5. The predicted molar refractivity (Wildman–Crippen MR) is 110 cm³/mol. The number of allylic oxidation sites excluding steroid dienone is 1. The largest absolute Gasteiger partial charge is 0.507 e. The van der Waals surface area contributed by atoms with Gasteiger partial charge in [0, 0.05) is 15.6 Å². The normalized spacial score (nSPS) is 11.3. The number of hydrogen-bond donors (Lipinski definition) is 3. The van der Waals surface area contributed by atoms with Gasteiger partial charge in [-0.3, -0.25) is 4.79 Å². The highest BCUT2D eigenvalue weighted by atomic mass is 79.9. The quantitative estimate of drug-likeness (QED) is 0.263. The first-order chi connectivity index (χ1) is 13.4. The number of ketones is 1. The summed E-state index contributed by atoms with van der Waals surface area (Å²) >= 11 is 3.32. The highest BCUT2D eigenvalue weighted by molar-refractivity contribution is 9.10. The highest BCUT2D eigenvalue weighted by Crippen LogP contribution is 2.36. The molecule has 0 spiro atoms. The topological polar surface area (TPSA) is 102 Å². The smallest absolute Gasteiger partial charge is 0.185 e. The van der Waals surface area contributed by atoms with E-state index in [0.717, 1.165) is 4.47 Å². The first-order valence-corrected chi connectivity index (χ1v) is 8.97. The molecule has 3 aromatic carbocycles. The van der Waals surface area contributed by atoms with Crippen LogP contribution in [0.2, 0.25) is 0 Å². The molecular weight excluding hydrogens is 424 g/mol. The van der Waals surface area contributed by atoms with Crippen LogP contribution in [0.4, 0.5) is 11.4 Å². The Balaban J connectivity index is 1.73. The molecule has 0 atom stereocenters. The van der Waals surface area contributed by atoms with E-state index in [2.05, 4.69) is 26.2 Å². The Morgan fingerprint density at radius 3 is 2.21 bits per heavy atom. The zero-order valence-electron chi connectivity index (χ0n) is 14.5. The first-order valence-electron chi connectivity index (χ1n) is 8.18. The van der Waals surface area contributed by atoms with Crippen LogP contribution in [0.5, 0.6) is 17.2 Å². The number of carbonyl (C=O) groups excluding carboxylic acids is 1. The Bertz CT molecular complexity index is 1060. The van der Waals surface area contributed by atoms with Crippen LogP contribution in [-0.2, 0) is 0 Å². The molecule has 0 unspecified atom stereocenters. The van der Waals surface area contributed by atoms with Crippen LogP contribution < -0.4 is 0 Å². The second-order valence-corrected chi connectivity index (χ2v) is 6.71. The molecule has 0 fully saturated rings. The van der Waals surface area contributed by atoms with E-state index in [-0.39, 0.29) is 28.7 Å². The fourth-order valence-corrected chi connectivity index (χ4v) is 2.72. The fourth-order valence-electron chi connectivity index (χ4n) is 2.34. The minimum atomic E-state index is -0.235. The van der Waals surface area contributed by atoms with Gasteiger partial charge in [-0.2, -0.15) is 5.11 Å². The molecule has 0 aliphatic heterocycles. The van der Waals surface area contributed by atoms with Crippen molar-refractivity contribution in [3.05, 3.63) is 82.3 Å². The van der Waals surface area contributed by atoms with E-state index < -0.39 is 0 Å². The van der Waals surface area contributed by atoms with Gasteiger partial charge in [0.15, 0.2) is 11.5 Å². The van der Waals surface area contributed by atoms with Crippen molar-refractivity contribution in [2.45, 2.75) is 0 Å². The summed E-state index contributed by atoms with van der Waals surface area (Å²) in [7, 11) is 0. The number of benzene rings is 3. The minimum Gasteiger partial charge on any atom is -0.507 e. The van der Waals surface area contributed by atoms with Crippen LogP contribution >= 0.6 is 15.9 Å². The molecule has 3 rings (SSSR count). The van der Waals surface area contributed by atoms with Gasteiger partial charge in [-0.25, -0.2) is 0 Å². The van der Waals surface area contributed by atoms with E-state index in [1.165, 1.54) is 36.4 Å². The summed E-state index contributed by atoms with van der Waals surface area (Å²) < 4.78 is 0.794. The number of nitrogens with zero attached hydrogens (tertiary/aromatic N) is 2. The Labute approximate surface area is 169 Å². The van der Waals surface area contributed by atoms with Gasteiger partial charge in [0.2, 0.25) is 0 Å². The molecule has 0 heterocycles. The van der Waals surface area contributed by atoms with E-state index >= 15 is 0 Å². The molecule has 0 amide bonds. The molecule has 0 saturated carbocycles. The van der Waals surface area contributed by atoms with Gasteiger partial charge in [0.25, 0.3) is 0 Å². The van der Waals surface area contributed by atoms with Crippen molar-refractivity contribution < 1.29 is 20.1 Å². The van der Waals surface area contributed by atoms with Gasteiger partial charge in [-0.1, -0.05) is 22.0 Å². The standard InChI is InChI=1S/C21H15BrN2O4/c22-15-7-11-18(26)14(12-15)6-10-17(25)13-4-8-16(9-5-13)23-24-21-19(27)2-1-3-20(21)28/h1-12,26-28H/b10-6-,24-23?. The third kappa shape index (κ3) is 4.63. The molecule has 0 radical (unpaired) electrons. The van der Waals surface area contributed by atoms with E-state index in [0.29, 0.717) is 16.8 Å². The highest BCUT2D eigenvalue weighted by Gasteiger charge is 2.06. The van der Waals surface area contributed by atoms with Gasteiger partial charge in [0.05, 0.1) is 5.69 Å². The number of azo groups is 1. The van der Waals surface area contributed by atoms with E-state index in [9.17, 15) is 20.1 Å². The lowest BCUT2D eigenvalue weighted by molar-refractivity contribution is 0.104. The molecule has 140 valence electrons. The van der Waals surface area contributed by atoms with Crippen molar-refractivity contribution in [1.29, 1.82) is 0 Å². The number of phenols is 3. The number of halogens is 1. The molecule has 0 aliphatic carbocycles. The number of hydrogen-bond acceptors (Lipinski definition) is 6. The lowest BCUT2D eigenvalue weighted by atomic mass is 10.1. The van der Waals surface area contributed by atoms with Crippen molar-refractivity contribution >= 4 is 39.2 Å². The maximum Gasteiger partial charge on any atom is 0.185 e. The van der Waals surface area contributed by atoms with Crippen LogP contribution in [0.3, 0.4) is 0 Å². The fraction of sp³-hybridized carbons (Fsp3) is 0.